The molecule has 2 aliphatic rings. The Bertz CT molecular complexity index is 870. The summed E-state index contributed by atoms with van der Waals surface area (Å²) in [7, 11) is 0. The molecule has 0 atom stereocenters. The van der Waals surface area contributed by atoms with Crippen LogP contribution < -0.4 is 9.80 Å². The maximum absolute atomic E-state index is 4.74. The Labute approximate surface area is 157 Å². The molecular formula is C19H22N8. The van der Waals surface area contributed by atoms with Crippen LogP contribution in [0.5, 0.6) is 0 Å². The molecule has 0 spiro atoms. The minimum absolute atomic E-state index is 0.519. The molecule has 1 aliphatic heterocycles. The van der Waals surface area contributed by atoms with Gasteiger partial charge in [0, 0.05) is 43.8 Å². The summed E-state index contributed by atoms with van der Waals surface area (Å²) in [6.45, 7) is 1.94. The number of hydrogen-bond acceptors (Lipinski definition) is 7. The topological polar surface area (TPSA) is 75.9 Å². The summed E-state index contributed by atoms with van der Waals surface area (Å²) < 4.78 is 1.74. The van der Waals surface area contributed by atoms with E-state index >= 15 is 0 Å². The van der Waals surface area contributed by atoms with E-state index in [0.29, 0.717) is 12.1 Å². The molecule has 3 aromatic heterocycles. The molecule has 0 N–H and O–H groups in total. The van der Waals surface area contributed by atoms with Gasteiger partial charge < -0.3 is 9.80 Å². The van der Waals surface area contributed by atoms with Crippen LogP contribution in [0.25, 0.3) is 5.82 Å². The molecule has 27 heavy (non-hydrogen) atoms. The van der Waals surface area contributed by atoms with Gasteiger partial charge in [0.05, 0.1) is 12.4 Å². The van der Waals surface area contributed by atoms with Gasteiger partial charge in [-0.1, -0.05) is 0 Å². The van der Waals surface area contributed by atoms with Gasteiger partial charge in [-0.2, -0.15) is 5.10 Å². The summed E-state index contributed by atoms with van der Waals surface area (Å²) in [5.41, 5.74) is 0. The third kappa shape index (κ3) is 3.34. The van der Waals surface area contributed by atoms with Gasteiger partial charge in [0.15, 0.2) is 5.82 Å². The van der Waals surface area contributed by atoms with Crippen molar-refractivity contribution < 1.29 is 0 Å². The van der Waals surface area contributed by atoms with E-state index < -0.39 is 0 Å². The van der Waals surface area contributed by atoms with E-state index in [1.54, 1.807) is 23.4 Å². The van der Waals surface area contributed by atoms with Gasteiger partial charge in [-0.15, -0.1) is 0 Å². The smallest absolute Gasteiger partial charge is 0.173 e. The summed E-state index contributed by atoms with van der Waals surface area (Å²) in [4.78, 5) is 22.5. The van der Waals surface area contributed by atoms with Crippen LogP contribution in [0.3, 0.4) is 0 Å². The van der Waals surface area contributed by atoms with Gasteiger partial charge in [-0.3, -0.25) is 4.98 Å². The summed E-state index contributed by atoms with van der Waals surface area (Å²) in [6, 6.07) is 5.08. The van der Waals surface area contributed by atoms with Crippen LogP contribution in [0.1, 0.15) is 25.7 Å². The Morgan fingerprint density at radius 2 is 1.74 bits per heavy atom. The molecular weight excluding hydrogens is 340 g/mol. The average molecular weight is 362 g/mol. The van der Waals surface area contributed by atoms with Crippen molar-refractivity contribution >= 4 is 11.6 Å². The van der Waals surface area contributed by atoms with Gasteiger partial charge in [0.25, 0.3) is 0 Å². The zero-order valence-corrected chi connectivity index (χ0v) is 15.1. The number of hydrogen-bond donors (Lipinski definition) is 0. The lowest BCUT2D eigenvalue weighted by atomic mass is 10.0. The summed E-state index contributed by atoms with van der Waals surface area (Å²) in [6.07, 6.45) is 15.4. The van der Waals surface area contributed by atoms with Gasteiger partial charge in [0.2, 0.25) is 0 Å². The van der Waals surface area contributed by atoms with Crippen LogP contribution in [-0.2, 0) is 0 Å². The van der Waals surface area contributed by atoms with E-state index in [1.165, 1.54) is 12.8 Å². The first-order chi connectivity index (χ1) is 13.4. The molecule has 8 heteroatoms. The quantitative estimate of drug-likeness (QED) is 0.688. The fourth-order valence-electron chi connectivity index (χ4n) is 3.85. The first kappa shape index (κ1) is 16.2. The van der Waals surface area contributed by atoms with E-state index in [0.717, 1.165) is 43.4 Å². The molecule has 2 fully saturated rings. The minimum atomic E-state index is 0.519. The maximum Gasteiger partial charge on any atom is 0.173 e. The van der Waals surface area contributed by atoms with Gasteiger partial charge in [0.1, 0.15) is 18.0 Å². The van der Waals surface area contributed by atoms with Gasteiger partial charge in [-0.05, 0) is 37.8 Å². The molecule has 4 heterocycles. The van der Waals surface area contributed by atoms with Crippen LogP contribution >= 0.6 is 0 Å². The van der Waals surface area contributed by atoms with E-state index in [9.17, 15) is 0 Å². The Kier molecular flexibility index (Phi) is 4.16. The van der Waals surface area contributed by atoms with Gasteiger partial charge in [-0.25, -0.2) is 19.6 Å². The molecule has 0 amide bonds. The van der Waals surface area contributed by atoms with Crippen molar-refractivity contribution in [2.75, 3.05) is 22.9 Å². The standard InChI is InChI=1S/C19H22N8/c1-7-23-26(9-1)19-13-21-12-18(24-19)25-10-5-16(6-11-25)27(15-2-3-15)17-4-8-20-14-22-17/h1,4,7-9,12-16H,2-3,5-6,10-11H2. The number of nitrogens with zero attached hydrogens (tertiary/aromatic N) is 8. The molecule has 3 aromatic rings. The van der Waals surface area contributed by atoms with Crippen LogP contribution in [0.4, 0.5) is 11.6 Å². The van der Waals surface area contributed by atoms with Crippen molar-refractivity contribution in [2.24, 2.45) is 0 Å². The van der Waals surface area contributed by atoms with Crippen LogP contribution in [0.15, 0.2) is 49.4 Å². The van der Waals surface area contributed by atoms with Crippen molar-refractivity contribution in [2.45, 2.75) is 37.8 Å². The van der Waals surface area contributed by atoms with Crippen LogP contribution in [0, 0.1) is 0 Å². The molecule has 1 saturated heterocycles. The van der Waals surface area contributed by atoms with E-state index in [2.05, 4.69) is 29.9 Å². The monoisotopic (exact) mass is 362 g/mol. The predicted octanol–water partition coefficient (Wildman–Crippen LogP) is 2.09. The minimum Gasteiger partial charge on any atom is -0.355 e. The average Bonchev–Trinajstić information content (AvgIpc) is 3.41. The molecule has 5 rings (SSSR count). The number of anilines is 2. The SMILES string of the molecule is c1cnn(-c2cncc(N3CCC(N(c4ccncn4)C4CC4)CC3)n2)c1. The molecule has 1 aliphatic carbocycles. The highest BCUT2D eigenvalue weighted by molar-refractivity contribution is 5.44. The summed E-state index contributed by atoms with van der Waals surface area (Å²) in [5.74, 6) is 2.73. The Morgan fingerprint density at radius 3 is 2.44 bits per heavy atom. The Morgan fingerprint density at radius 1 is 0.926 bits per heavy atom. The van der Waals surface area contributed by atoms with E-state index in [1.807, 2.05) is 30.7 Å². The number of aromatic nitrogens is 6. The Hall–Kier alpha value is -3.03. The Balaban J connectivity index is 1.30. The van der Waals surface area contributed by atoms with Crippen molar-refractivity contribution in [3.05, 3.63) is 49.4 Å². The number of piperidine rings is 1. The second-order valence-corrected chi connectivity index (χ2v) is 7.11. The van der Waals surface area contributed by atoms with Crippen molar-refractivity contribution in [3.63, 3.8) is 0 Å². The second kappa shape index (κ2) is 6.94. The molecule has 138 valence electrons. The zero-order chi connectivity index (χ0) is 18.1. The molecule has 0 unspecified atom stereocenters. The van der Waals surface area contributed by atoms with Gasteiger partial charge >= 0.3 is 0 Å². The van der Waals surface area contributed by atoms with E-state index in [-0.39, 0.29) is 0 Å². The molecule has 0 radical (unpaired) electrons. The molecule has 1 saturated carbocycles. The first-order valence-electron chi connectivity index (χ1n) is 9.50. The number of rotatable bonds is 5. The lowest BCUT2D eigenvalue weighted by Crippen LogP contribution is -2.46. The summed E-state index contributed by atoms with van der Waals surface area (Å²) >= 11 is 0. The van der Waals surface area contributed by atoms with E-state index in [4.69, 9.17) is 4.98 Å². The first-order valence-corrected chi connectivity index (χ1v) is 9.50. The third-order valence-corrected chi connectivity index (χ3v) is 5.30. The van der Waals surface area contributed by atoms with Crippen molar-refractivity contribution in [3.8, 4) is 5.82 Å². The lowest BCUT2D eigenvalue weighted by molar-refractivity contribution is 0.457. The predicted molar refractivity (Wildman–Crippen MR) is 102 cm³/mol. The summed E-state index contributed by atoms with van der Waals surface area (Å²) in [5, 5.41) is 4.24. The molecule has 8 nitrogen and oxygen atoms in total. The zero-order valence-electron chi connectivity index (χ0n) is 15.1. The highest BCUT2D eigenvalue weighted by atomic mass is 15.3. The normalized spacial score (nSPS) is 17.9. The van der Waals surface area contributed by atoms with Crippen LogP contribution in [0.2, 0.25) is 0 Å². The van der Waals surface area contributed by atoms with Crippen LogP contribution in [-0.4, -0.2) is 54.9 Å². The molecule has 0 bridgehead atoms. The van der Waals surface area contributed by atoms with Crippen molar-refractivity contribution in [1.29, 1.82) is 0 Å². The van der Waals surface area contributed by atoms with Crippen molar-refractivity contribution in [1.82, 2.24) is 29.7 Å². The fourth-order valence-corrected chi connectivity index (χ4v) is 3.85. The highest BCUT2D eigenvalue weighted by Gasteiger charge is 2.36. The highest BCUT2D eigenvalue weighted by Crippen LogP contribution is 2.35. The largest absolute Gasteiger partial charge is 0.355 e. The second-order valence-electron chi connectivity index (χ2n) is 7.11. The fraction of sp³-hybridized carbons (Fsp3) is 0.421. The lowest BCUT2D eigenvalue weighted by Gasteiger charge is -2.39. The maximum atomic E-state index is 4.74. The third-order valence-electron chi connectivity index (χ3n) is 5.30. The molecule has 0 aromatic carbocycles.